The maximum Gasteiger partial charge on any atom is 0.451 e. The molecule has 3 N–H and O–H groups in total. The van der Waals surface area contributed by atoms with Crippen LogP contribution >= 0.6 is 11.8 Å². The largest absolute Gasteiger partial charge is 0.451 e. The number of aliphatic hydroxyl groups is 3. The van der Waals surface area contributed by atoms with E-state index in [1.54, 1.807) is 0 Å². The van der Waals surface area contributed by atoms with Crippen molar-refractivity contribution >= 4 is 11.8 Å². The molecule has 2 fully saturated rings. The van der Waals surface area contributed by atoms with Gasteiger partial charge in [-0.3, -0.25) is 0 Å². The number of aliphatic hydroxyl groups excluding tert-OH is 3. The third-order valence-electron chi connectivity index (χ3n) is 7.90. The summed E-state index contributed by atoms with van der Waals surface area (Å²) < 4.78 is 99.7. The summed E-state index contributed by atoms with van der Waals surface area (Å²) in [5, 5.41) is 47.7. The van der Waals surface area contributed by atoms with Gasteiger partial charge in [-0.2, -0.15) is 13.2 Å². The van der Waals surface area contributed by atoms with Crippen LogP contribution in [0.4, 0.5) is 26.3 Å². The second-order valence-electron chi connectivity index (χ2n) is 10.9. The summed E-state index contributed by atoms with van der Waals surface area (Å²) in [6.45, 7) is -0.571. The van der Waals surface area contributed by atoms with E-state index in [2.05, 4.69) is 30.6 Å². The summed E-state index contributed by atoms with van der Waals surface area (Å²) in [5.74, 6) is -5.82. The van der Waals surface area contributed by atoms with Crippen LogP contribution in [0.25, 0.3) is 22.5 Å². The summed E-state index contributed by atoms with van der Waals surface area (Å²) in [6, 6.07) is -0.364. The number of methoxy groups -OCH3 is 1. The third kappa shape index (κ3) is 6.62. The van der Waals surface area contributed by atoms with E-state index in [0.717, 1.165) is 36.3 Å². The van der Waals surface area contributed by atoms with Crippen molar-refractivity contribution in [2.75, 3.05) is 26.9 Å². The van der Waals surface area contributed by atoms with Crippen molar-refractivity contribution in [2.24, 2.45) is 0 Å². The SMILES string of the molecule is COC1C(SC2COCC(n3cc(-c4cnc(C(F)(F)F)nc4)nn3)C2O)OC(CO)C(O)C1n1cc(-c2cc(F)c(F)c(F)c2)nn1. The minimum atomic E-state index is -4.71. The Hall–Kier alpha value is -3.73. The molecule has 0 radical (unpaired) electrons. The lowest BCUT2D eigenvalue weighted by Crippen LogP contribution is -2.56. The van der Waals surface area contributed by atoms with Crippen LogP contribution in [-0.4, -0.2) is 117 Å². The van der Waals surface area contributed by atoms with Crippen molar-refractivity contribution in [3.8, 4) is 22.5 Å². The Balaban J connectivity index is 1.20. The van der Waals surface area contributed by atoms with Gasteiger partial charge in [0.25, 0.3) is 0 Å². The minimum absolute atomic E-state index is 0.0106. The number of aromatic nitrogens is 8. The van der Waals surface area contributed by atoms with Crippen molar-refractivity contribution in [2.45, 2.75) is 53.4 Å². The van der Waals surface area contributed by atoms with Crippen molar-refractivity contribution in [1.29, 1.82) is 0 Å². The lowest BCUT2D eigenvalue weighted by atomic mass is 9.97. The van der Waals surface area contributed by atoms with Crippen molar-refractivity contribution in [1.82, 2.24) is 40.0 Å². The van der Waals surface area contributed by atoms with E-state index >= 15 is 0 Å². The maximum atomic E-state index is 13.9. The molecule has 4 aromatic rings. The first-order valence-corrected chi connectivity index (χ1v) is 15.1. The van der Waals surface area contributed by atoms with Gasteiger partial charge in [-0.1, -0.05) is 10.4 Å². The average molecular weight is 705 g/mol. The molecule has 14 nitrogen and oxygen atoms in total. The molecule has 1 aromatic carbocycles. The maximum absolute atomic E-state index is 13.9. The number of nitrogens with zero attached hydrogens (tertiary/aromatic N) is 8. The van der Waals surface area contributed by atoms with Gasteiger partial charge in [0.1, 0.15) is 47.2 Å². The monoisotopic (exact) mass is 704 g/mol. The minimum Gasteiger partial charge on any atom is -0.394 e. The molecule has 8 atom stereocenters. The van der Waals surface area contributed by atoms with Gasteiger partial charge in [-0.15, -0.1) is 22.0 Å². The lowest BCUT2D eigenvalue weighted by Gasteiger charge is -2.45. The van der Waals surface area contributed by atoms with Gasteiger partial charge >= 0.3 is 6.18 Å². The first-order chi connectivity index (χ1) is 22.9. The highest BCUT2D eigenvalue weighted by Gasteiger charge is 2.49. The Labute approximate surface area is 270 Å². The summed E-state index contributed by atoms with van der Waals surface area (Å²) >= 11 is 1.08. The van der Waals surface area contributed by atoms with Crippen LogP contribution in [0.2, 0.25) is 0 Å². The first-order valence-electron chi connectivity index (χ1n) is 14.2. The van der Waals surface area contributed by atoms with Crippen molar-refractivity contribution < 1.29 is 55.9 Å². The molecule has 5 heterocycles. The zero-order chi connectivity index (χ0) is 34.3. The van der Waals surface area contributed by atoms with Gasteiger partial charge < -0.3 is 29.5 Å². The number of rotatable bonds is 8. The molecule has 0 bridgehead atoms. The molecule has 21 heteroatoms. The van der Waals surface area contributed by atoms with Gasteiger partial charge in [0.15, 0.2) is 17.5 Å². The molecule has 0 aliphatic carbocycles. The summed E-state index contributed by atoms with van der Waals surface area (Å²) in [4.78, 5) is 6.65. The second kappa shape index (κ2) is 13.6. The molecule has 2 saturated heterocycles. The predicted octanol–water partition coefficient (Wildman–Crippen LogP) is 1.80. The van der Waals surface area contributed by atoms with Crippen LogP contribution in [0.15, 0.2) is 36.9 Å². The molecule has 2 aliphatic heterocycles. The van der Waals surface area contributed by atoms with Gasteiger partial charge in [-0.05, 0) is 12.1 Å². The van der Waals surface area contributed by atoms with Crippen molar-refractivity contribution in [3.63, 3.8) is 0 Å². The molecule has 258 valence electrons. The number of hydrogen-bond acceptors (Lipinski definition) is 13. The molecule has 2 aliphatic rings. The zero-order valence-corrected chi connectivity index (χ0v) is 25.3. The molecule has 6 rings (SSSR count). The smallest absolute Gasteiger partial charge is 0.394 e. The molecule has 3 aromatic heterocycles. The number of benzene rings is 1. The van der Waals surface area contributed by atoms with E-state index in [4.69, 9.17) is 14.2 Å². The van der Waals surface area contributed by atoms with Crippen LogP contribution < -0.4 is 0 Å². The van der Waals surface area contributed by atoms with Gasteiger partial charge in [0.2, 0.25) is 5.82 Å². The van der Waals surface area contributed by atoms with E-state index in [-0.39, 0.29) is 35.7 Å². The quantitative estimate of drug-likeness (QED) is 0.179. The number of ether oxygens (including phenoxy) is 3. The number of thioether (sulfide) groups is 1. The van der Waals surface area contributed by atoms with Crippen LogP contribution in [0, 0.1) is 17.5 Å². The Bertz CT molecular complexity index is 1710. The van der Waals surface area contributed by atoms with Gasteiger partial charge in [0, 0.05) is 30.6 Å². The fourth-order valence-corrected chi connectivity index (χ4v) is 6.93. The van der Waals surface area contributed by atoms with E-state index < -0.39 is 83.2 Å². The molecule has 0 saturated carbocycles. The average Bonchev–Trinajstić information content (AvgIpc) is 3.75. The number of halogens is 6. The van der Waals surface area contributed by atoms with Gasteiger partial charge in [-0.25, -0.2) is 32.5 Å². The van der Waals surface area contributed by atoms with E-state index in [1.165, 1.54) is 28.9 Å². The molecule has 8 unspecified atom stereocenters. The predicted molar refractivity (Wildman–Crippen MR) is 150 cm³/mol. The Morgan fingerprint density at radius 2 is 1.56 bits per heavy atom. The van der Waals surface area contributed by atoms with E-state index in [1.807, 2.05) is 0 Å². The van der Waals surface area contributed by atoms with Crippen LogP contribution in [0.3, 0.4) is 0 Å². The molecule has 0 amide bonds. The second-order valence-corrected chi connectivity index (χ2v) is 12.2. The van der Waals surface area contributed by atoms with Crippen LogP contribution in [-0.2, 0) is 20.4 Å². The highest BCUT2D eigenvalue weighted by molar-refractivity contribution is 8.00. The Morgan fingerprint density at radius 1 is 0.938 bits per heavy atom. The summed E-state index contributed by atoms with van der Waals surface area (Å²) in [7, 11) is 1.33. The molecular weight excluding hydrogens is 678 g/mol. The molecular formula is C27H26F6N8O6S. The topological polar surface area (TPSA) is 176 Å². The fourth-order valence-electron chi connectivity index (χ4n) is 5.43. The fraction of sp³-hybridized carbons (Fsp3) is 0.481. The zero-order valence-electron chi connectivity index (χ0n) is 24.5. The van der Waals surface area contributed by atoms with Crippen molar-refractivity contribution in [3.05, 3.63) is 60.2 Å². The highest BCUT2D eigenvalue weighted by atomic mass is 32.2. The normalized spacial score (nSPS) is 28.1. The third-order valence-corrected chi connectivity index (χ3v) is 9.31. The summed E-state index contributed by atoms with van der Waals surface area (Å²) in [5.41, 5.74) is -0.794. The van der Waals surface area contributed by atoms with E-state index in [0.29, 0.717) is 0 Å². The number of alkyl halides is 3. The standard InChI is InChI=1S/C27H26F6N8O6S/c1-45-24-21(41-7-15(36-39-41)11-2-13(28)20(30)14(29)3-11)23(44)18(8-42)47-25(24)48-19-10-46-9-17(22(19)43)40-6-16(37-38-40)12-4-34-26(35-5-12)27(31,32)33/h2-7,17-19,21-25,42-44H,8-10H2,1H3. The molecule has 0 spiro atoms. The number of hydrogen-bond donors (Lipinski definition) is 3. The van der Waals surface area contributed by atoms with E-state index in [9.17, 15) is 41.7 Å². The molecule has 48 heavy (non-hydrogen) atoms. The lowest BCUT2D eigenvalue weighted by molar-refractivity contribution is -0.186. The summed E-state index contributed by atoms with van der Waals surface area (Å²) in [6.07, 6.45) is -4.82. The first kappa shape index (κ1) is 34.1. The Morgan fingerprint density at radius 3 is 2.19 bits per heavy atom. The van der Waals surface area contributed by atoms with Crippen LogP contribution in [0.5, 0.6) is 0 Å². The Kier molecular flexibility index (Phi) is 9.71. The highest BCUT2D eigenvalue weighted by Crippen LogP contribution is 2.41. The van der Waals surface area contributed by atoms with Crippen LogP contribution in [0.1, 0.15) is 17.9 Å². The van der Waals surface area contributed by atoms with Gasteiger partial charge in [0.05, 0.1) is 43.6 Å².